The van der Waals surface area contributed by atoms with E-state index in [4.69, 9.17) is 0 Å². The molecule has 1 aromatic carbocycles. The number of aliphatic carboxylic acids is 1. The quantitative estimate of drug-likeness (QED) is 0.633. The molecule has 0 aliphatic heterocycles. The van der Waals surface area contributed by atoms with Gasteiger partial charge < -0.3 is 5.11 Å². The third kappa shape index (κ3) is 2.76. The molecule has 2 N–H and O–H groups in total. The molecule has 1 aliphatic carbocycles. The van der Waals surface area contributed by atoms with Crippen LogP contribution < -0.4 is 4.72 Å². The second kappa shape index (κ2) is 6.23. The lowest BCUT2D eigenvalue weighted by Gasteiger charge is -2.20. The van der Waals surface area contributed by atoms with Gasteiger partial charge in [0.1, 0.15) is 9.75 Å². The van der Waals surface area contributed by atoms with Gasteiger partial charge in [0.05, 0.1) is 16.8 Å². The second-order valence-electron chi connectivity index (χ2n) is 7.05. The van der Waals surface area contributed by atoms with Crippen molar-refractivity contribution in [3.8, 4) is 10.6 Å². The van der Waals surface area contributed by atoms with Gasteiger partial charge in [-0.1, -0.05) is 42.5 Å². The molecule has 0 amide bonds. The Labute approximate surface area is 165 Å². The van der Waals surface area contributed by atoms with E-state index in [1.807, 2.05) is 30.3 Å². The number of aromatic nitrogens is 3. The molecule has 2 heterocycles. The zero-order chi connectivity index (χ0) is 20.2. The SMILES string of the molecule is Cn1nncc1-c1ccc(S(=O)(=O)N[C@@]2(C(=O)O)C[C@]2(C)c2ccccc2)s1. The van der Waals surface area contributed by atoms with Crippen LogP contribution in [0.2, 0.25) is 0 Å². The molecule has 0 radical (unpaired) electrons. The maximum Gasteiger partial charge on any atom is 0.325 e. The fourth-order valence-electron chi connectivity index (χ4n) is 3.54. The van der Waals surface area contributed by atoms with E-state index in [9.17, 15) is 18.3 Å². The first kappa shape index (κ1) is 18.8. The van der Waals surface area contributed by atoms with E-state index in [1.54, 1.807) is 30.9 Å². The highest BCUT2D eigenvalue weighted by Crippen LogP contribution is 2.58. The predicted molar refractivity (Wildman–Crippen MR) is 103 cm³/mol. The number of benzene rings is 1. The molecule has 1 fully saturated rings. The zero-order valence-corrected chi connectivity index (χ0v) is 16.8. The van der Waals surface area contributed by atoms with Gasteiger partial charge in [-0.25, -0.2) is 13.1 Å². The van der Waals surface area contributed by atoms with Crippen molar-refractivity contribution in [2.24, 2.45) is 7.05 Å². The Hall–Kier alpha value is -2.56. The fourth-order valence-corrected chi connectivity index (χ4v) is 6.34. The molecule has 28 heavy (non-hydrogen) atoms. The highest BCUT2D eigenvalue weighted by Gasteiger charge is 2.72. The summed E-state index contributed by atoms with van der Waals surface area (Å²) in [4.78, 5) is 12.8. The molecule has 10 heteroatoms. The van der Waals surface area contributed by atoms with Crippen molar-refractivity contribution >= 4 is 27.3 Å². The molecule has 0 saturated heterocycles. The van der Waals surface area contributed by atoms with Gasteiger partial charge in [-0.05, 0) is 24.1 Å². The van der Waals surface area contributed by atoms with Crippen LogP contribution in [-0.2, 0) is 27.3 Å². The summed E-state index contributed by atoms with van der Waals surface area (Å²) in [5.41, 5.74) is -0.933. The van der Waals surface area contributed by atoms with Crippen molar-refractivity contribution < 1.29 is 18.3 Å². The Morgan fingerprint density at radius 2 is 1.96 bits per heavy atom. The van der Waals surface area contributed by atoms with Gasteiger partial charge in [-0.3, -0.25) is 4.79 Å². The largest absolute Gasteiger partial charge is 0.480 e. The smallest absolute Gasteiger partial charge is 0.325 e. The Morgan fingerprint density at radius 1 is 1.25 bits per heavy atom. The molecule has 146 valence electrons. The topological polar surface area (TPSA) is 114 Å². The number of carboxylic acids is 1. The highest BCUT2D eigenvalue weighted by molar-refractivity contribution is 7.91. The molecule has 1 aliphatic rings. The average molecular weight is 419 g/mol. The van der Waals surface area contributed by atoms with Crippen molar-refractivity contribution in [2.45, 2.75) is 28.5 Å². The number of hydrogen-bond acceptors (Lipinski definition) is 6. The van der Waals surface area contributed by atoms with Crippen LogP contribution in [0.15, 0.2) is 52.9 Å². The number of nitrogens with one attached hydrogen (secondary N) is 1. The molecule has 3 aromatic rings. The Morgan fingerprint density at radius 3 is 2.57 bits per heavy atom. The standard InChI is InChI=1S/C18H18N4O4S2/c1-17(12-6-4-3-5-7-12)11-18(17,16(23)24)20-28(25,26)15-9-8-14(27-15)13-10-19-21-22(13)2/h3-10,20H,11H2,1-2H3,(H,23,24)/t17-,18-/m1/s1. The first-order valence-electron chi connectivity index (χ1n) is 8.47. The summed E-state index contributed by atoms with van der Waals surface area (Å²) in [6, 6.07) is 12.2. The van der Waals surface area contributed by atoms with Gasteiger partial charge >= 0.3 is 5.97 Å². The number of carboxylic acid groups (broad SMARTS) is 1. The number of hydrogen-bond donors (Lipinski definition) is 2. The fraction of sp³-hybridized carbons (Fsp3) is 0.278. The maximum atomic E-state index is 13.0. The molecule has 2 aromatic heterocycles. The number of rotatable bonds is 6. The van der Waals surface area contributed by atoms with Crippen molar-refractivity contribution in [1.29, 1.82) is 0 Å². The highest BCUT2D eigenvalue weighted by atomic mass is 32.2. The molecular formula is C18H18N4O4S2. The molecule has 0 bridgehead atoms. The van der Waals surface area contributed by atoms with E-state index in [2.05, 4.69) is 15.0 Å². The van der Waals surface area contributed by atoms with Gasteiger partial charge in [0, 0.05) is 12.5 Å². The predicted octanol–water partition coefficient (Wildman–Crippen LogP) is 2.01. The lowest BCUT2D eigenvalue weighted by molar-refractivity contribution is -0.140. The van der Waals surface area contributed by atoms with Crippen LogP contribution in [-0.4, -0.2) is 40.0 Å². The summed E-state index contributed by atoms with van der Waals surface area (Å²) < 4.78 is 30.0. The zero-order valence-electron chi connectivity index (χ0n) is 15.2. The molecule has 4 rings (SSSR count). The summed E-state index contributed by atoms with van der Waals surface area (Å²) in [5, 5.41) is 17.5. The van der Waals surface area contributed by atoms with Crippen LogP contribution in [0, 0.1) is 0 Å². The van der Waals surface area contributed by atoms with Crippen molar-refractivity contribution in [3.63, 3.8) is 0 Å². The number of carbonyl (C=O) groups is 1. The summed E-state index contributed by atoms with van der Waals surface area (Å²) in [7, 11) is -2.31. The van der Waals surface area contributed by atoms with Gasteiger partial charge in [-0.2, -0.15) is 4.72 Å². The van der Waals surface area contributed by atoms with Gasteiger partial charge in [0.25, 0.3) is 10.0 Å². The van der Waals surface area contributed by atoms with Crippen LogP contribution in [0.25, 0.3) is 10.6 Å². The van der Waals surface area contributed by atoms with E-state index in [-0.39, 0.29) is 10.6 Å². The number of nitrogens with zero attached hydrogens (tertiary/aromatic N) is 3. The first-order valence-corrected chi connectivity index (χ1v) is 10.8. The molecule has 0 unspecified atom stereocenters. The molecular weight excluding hydrogens is 400 g/mol. The number of sulfonamides is 1. The minimum absolute atomic E-state index is 0.0478. The average Bonchev–Trinajstić information content (AvgIpc) is 3.03. The summed E-state index contributed by atoms with van der Waals surface area (Å²) >= 11 is 1.04. The van der Waals surface area contributed by atoms with Gasteiger partial charge in [-0.15, -0.1) is 16.4 Å². The third-order valence-corrected chi connectivity index (χ3v) is 8.43. The lowest BCUT2D eigenvalue weighted by Crippen LogP contribution is -2.47. The molecule has 2 atom stereocenters. The van der Waals surface area contributed by atoms with Crippen LogP contribution in [0.1, 0.15) is 18.9 Å². The van der Waals surface area contributed by atoms with Gasteiger partial charge in [0.15, 0.2) is 0 Å². The first-order chi connectivity index (χ1) is 13.2. The van der Waals surface area contributed by atoms with Crippen LogP contribution in [0.3, 0.4) is 0 Å². The maximum absolute atomic E-state index is 13.0. The Bertz CT molecular complexity index is 1160. The van der Waals surface area contributed by atoms with Crippen LogP contribution >= 0.6 is 11.3 Å². The number of thiophene rings is 1. The van der Waals surface area contributed by atoms with E-state index in [1.165, 1.54) is 6.07 Å². The molecule has 0 spiro atoms. The van der Waals surface area contributed by atoms with E-state index < -0.39 is 26.9 Å². The minimum Gasteiger partial charge on any atom is -0.480 e. The monoisotopic (exact) mass is 418 g/mol. The lowest BCUT2D eigenvalue weighted by atomic mass is 9.93. The van der Waals surface area contributed by atoms with Gasteiger partial charge in [0.2, 0.25) is 0 Å². The molecule has 8 nitrogen and oxygen atoms in total. The normalized spacial score (nSPS) is 24.2. The van der Waals surface area contributed by atoms with E-state index in [0.717, 1.165) is 16.9 Å². The Balaban J connectivity index is 1.67. The van der Waals surface area contributed by atoms with E-state index in [0.29, 0.717) is 10.6 Å². The summed E-state index contributed by atoms with van der Waals surface area (Å²) in [5.74, 6) is -1.19. The summed E-state index contributed by atoms with van der Waals surface area (Å²) in [6.07, 6.45) is 1.73. The third-order valence-electron chi connectivity index (χ3n) is 5.33. The second-order valence-corrected chi connectivity index (χ2v) is 10.0. The van der Waals surface area contributed by atoms with Crippen LogP contribution in [0.4, 0.5) is 0 Å². The van der Waals surface area contributed by atoms with E-state index >= 15 is 0 Å². The minimum atomic E-state index is -4.03. The van der Waals surface area contributed by atoms with Crippen molar-refractivity contribution in [1.82, 2.24) is 19.7 Å². The number of aryl methyl sites for hydroxylation is 1. The summed E-state index contributed by atoms with van der Waals surface area (Å²) in [6.45, 7) is 1.76. The molecule has 1 saturated carbocycles. The van der Waals surface area contributed by atoms with Crippen molar-refractivity contribution in [3.05, 3.63) is 54.2 Å². The van der Waals surface area contributed by atoms with Crippen LogP contribution in [0.5, 0.6) is 0 Å². The van der Waals surface area contributed by atoms with Crippen molar-refractivity contribution in [2.75, 3.05) is 0 Å². The Kier molecular flexibility index (Phi) is 4.18.